The first kappa shape index (κ1) is 26.0. The van der Waals surface area contributed by atoms with Gasteiger partial charge in [0.1, 0.15) is 18.8 Å². The molecule has 6 nitrogen and oxygen atoms in total. The van der Waals surface area contributed by atoms with Gasteiger partial charge in [0.05, 0.1) is 16.3 Å². The fourth-order valence-electron chi connectivity index (χ4n) is 2.90. The first-order valence-corrected chi connectivity index (χ1v) is 11.2. The average molecular weight is 548 g/mol. The van der Waals surface area contributed by atoms with Crippen LogP contribution in [0.1, 0.15) is 28.7 Å². The lowest BCUT2D eigenvalue weighted by Gasteiger charge is -2.09. The number of nitrogens with zero attached hydrogens (tertiary/aromatic N) is 1. The Bertz CT molecular complexity index is 1230. The minimum atomic E-state index is -4.53. The number of alkyl halides is 3. The van der Waals surface area contributed by atoms with Crippen LogP contribution in [0.2, 0.25) is 0 Å². The highest BCUT2D eigenvalue weighted by Crippen LogP contribution is 2.30. The van der Waals surface area contributed by atoms with E-state index in [4.69, 9.17) is 4.74 Å². The van der Waals surface area contributed by atoms with Gasteiger partial charge in [-0.05, 0) is 70.4 Å². The van der Waals surface area contributed by atoms with E-state index >= 15 is 0 Å². The molecule has 0 saturated heterocycles. The summed E-state index contributed by atoms with van der Waals surface area (Å²) in [7, 11) is 0. The highest BCUT2D eigenvalue weighted by Gasteiger charge is 2.30. The number of ether oxygens (including phenoxy) is 1. The summed E-state index contributed by atoms with van der Waals surface area (Å²) in [5.41, 5.74) is 4.12. The molecular weight excluding hydrogens is 527 g/mol. The molecule has 2 amide bonds. The highest BCUT2D eigenvalue weighted by molar-refractivity contribution is 9.10. The zero-order valence-corrected chi connectivity index (χ0v) is 20.1. The summed E-state index contributed by atoms with van der Waals surface area (Å²) in [5.74, 6) is -0.851. The molecular formula is C25H21BrF3N3O3. The number of carbonyl (C=O) groups excluding carboxylic acids is 2. The molecule has 0 aromatic heterocycles. The fourth-order valence-corrected chi connectivity index (χ4v) is 3.41. The SMILES string of the molecule is Cc1ccc(COc2ccc(C=NNC(=O)CC(=O)Nc3cccc(C(F)(F)F)c3)cc2Br)cc1. The Hall–Kier alpha value is -3.66. The summed E-state index contributed by atoms with van der Waals surface area (Å²) in [5, 5.41) is 6.07. The van der Waals surface area contributed by atoms with Crippen LogP contribution in [0.3, 0.4) is 0 Å². The number of hydrogen-bond acceptors (Lipinski definition) is 4. The van der Waals surface area contributed by atoms with Gasteiger partial charge in [0, 0.05) is 5.69 Å². The van der Waals surface area contributed by atoms with E-state index in [0.717, 1.165) is 17.7 Å². The first-order valence-electron chi connectivity index (χ1n) is 10.4. The standard InChI is InChI=1S/C25H21BrF3N3O3/c1-16-5-7-17(8-6-16)15-35-22-10-9-18(11-21(22)26)14-30-32-24(34)13-23(33)31-20-4-2-3-19(12-20)25(27,28)29/h2-12,14H,13,15H2,1H3,(H,31,33)(H,32,34). The molecule has 3 rings (SSSR count). The number of aryl methyl sites for hydroxylation is 1. The molecule has 0 bridgehead atoms. The van der Waals surface area contributed by atoms with Crippen molar-refractivity contribution in [2.75, 3.05) is 5.32 Å². The van der Waals surface area contributed by atoms with Crippen molar-refractivity contribution in [2.45, 2.75) is 26.1 Å². The second-order valence-electron chi connectivity index (χ2n) is 7.56. The Kier molecular flexibility index (Phi) is 8.64. The molecule has 0 saturated carbocycles. The smallest absolute Gasteiger partial charge is 0.416 e. The van der Waals surface area contributed by atoms with Gasteiger partial charge in [-0.25, -0.2) is 5.43 Å². The van der Waals surface area contributed by atoms with Crippen molar-refractivity contribution in [1.29, 1.82) is 0 Å². The molecule has 2 N–H and O–H groups in total. The molecule has 35 heavy (non-hydrogen) atoms. The predicted molar refractivity (Wildman–Crippen MR) is 130 cm³/mol. The Balaban J connectivity index is 1.48. The van der Waals surface area contributed by atoms with Crippen LogP contribution in [0.15, 0.2) is 76.3 Å². The highest BCUT2D eigenvalue weighted by atomic mass is 79.9. The molecule has 0 aliphatic carbocycles. The van der Waals surface area contributed by atoms with Gasteiger partial charge in [0.25, 0.3) is 0 Å². The Labute approximate surface area is 208 Å². The lowest BCUT2D eigenvalue weighted by Crippen LogP contribution is -2.24. The van der Waals surface area contributed by atoms with E-state index in [1.165, 1.54) is 23.9 Å². The number of carbonyl (C=O) groups is 2. The van der Waals surface area contributed by atoms with Gasteiger partial charge >= 0.3 is 6.18 Å². The number of rotatable bonds is 8. The second-order valence-corrected chi connectivity index (χ2v) is 8.42. The zero-order chi connectivity index (χ0) is 25.4. The number of benzene rings is 3. The van der Waals surface area contributed by atoms with Crippen molar-refractivity contribution in [3.63, 3.8) is 0 Å². The van der Waals surface area contributed by atoms with E-state index in [9.17, 15) is 22.8 Å². The normalized spacial score (nSPS) is 11.3. The van der Waals surface area contributed by atoms with Gasteiger partial charge < -0.3 is 10.1 Å². The maximum absolute atomic E-state index is 12.8. The molecule has 0 aliphatic rings. The Morgan fingerprint density at radius 2 is 1.77 bits per heavy atom. The summed E-state index contributed by atoms with van der Waals surface area (Å²) < 4.78 is 44.8. The summed E-state index contributed by atoms with van der Waals surface area (Å²) in [6.07, 6.45) is -3.76. The minimum Gasteiger partial charge on any atom is -0.488 e. The van der Waals surface area contributed by atoms with Crippen molar-refractivity contribution < 1.29 is 27.5 Å². The Morgan fingerprint density at radius 1 is 1.03 bits per heavy atom. The lowest BCUT2D eigenvalue weighted by atomic mass is 10.2. The monoisotopic (exact) mass is 547 g/mol. The van der Waals surface area contributed by atoms with Crippen LogP contribution < -0.4 is 15.5 Å². The largest absolute Gasteiger partial charge is 0.488 e. The molecule has 0 fully saturated rings. The molecule has 182 valence electrons. The van der Waals surface area contributed by atoms with Gasteiger partial charge in [0.15, 0.2) is 0 Å². The van der Waals surface area contributed by atoms with Crippen molar-refractivity contribution in [1.82, 2.24) is 5.43 Å². The van der Waals surface area contributed by atoms with Gasteiger partial charge in [-0.1, -0.05) is 35.9 Å². The van der Waals surface area contributed by atoms with Crippen LogP contribution in [0.5, 0.6) is 5.75 Å². The molecule has 0 aliphatic heterocycles. The second kappa shape index (κ2) is 11.7. The van der Waals surface area contributed by atoms with Gasteiger partial charge in [-0.3, -0.25) is 9.59 Å². The fraction of sp³-hybridized carbons (Fsp3) is 0.160. The van der Waals surface area contributed by atoms with Crippen LogP contribution in [0.4, 0.5) is 18.9 Å². The number of nitrogens with one attached hydrogen (secondary N) is 2. The van der Waals surface area contributed by atoms with Crippen molar-refractivity contribution >= 4 is 39.6 Å². The topological polar surface area (TPSA) is 79.8 Å². The molecule has 0 heterocycles. The van der Waals surface area contributed by atoms with E-state index in [0.29, 0.717) is 22.4 Å². The van der Waals surface area contributed by atoms with Crippen molar-refractivity contribution in [3.05, 3.63) is 93.5 Å². The number of halogens is 4. The van der Waals surface area contributed by atoms with Gasteiger partial charge in [-0.15, -0.1) is 0 Å². The summed E-state index contributed by atoms with van der Waals surface area (Å²) in [6.45, 7) is 2.42. The summed E-state index contributed by atoms with van der Waals surface area (Å²) >= 11 is 3.44. The number of amides is 2. The predicted octanol–water partition coefficient (Wildman–Crippen LogP) is 5.83. The van der Waals surface area contributed by atoms with Crippen LogP contribution in [-0.4, -0.2) is 18.0 Å². The number of anilines is 1. The van der Waals surface area contributed by atoms with E-state index in [1.54, 1.807) is 18.2 Å². The lowest BCUT2D eigenvalue weighted by molar-refractivity contribution is -0.137. The molecule has 0 atom stereocenters. The van der Waals surface area contributed by atoms with Crippen molar-refractivity contribution in [2.24, 2.45) is 5.10 Å². The van der Waals surface area contributed by atoms with E-state index in [2.05, 4.69) is 31.8 Å². The third kappa shape index (κ3) is 8.25. The maximum atomic E-state index is 12.8. The third-order valence-corrected chi connectivity index (χ3v) is 5.29. The van der Waals surface area contributed by atoms with Crippen LogP contribution in [-0.2, 0) is 22.4 Å². The van der Waals surface area contributed by atoms with Gasteiger partial charge in [-0.2, -0.15) is 18.3 Å². The molecule has 0 unspecified atom stereocenters. The van der Waals surface area contributed by atoms with E-state index < -0.39 is 30.0 Å². The summed E-state index contributed by atoms with van der Waals surface area (Å²) in [6, 6.07) is 17.4. The minimum absolute atomic E-state index is 0.0596. The van der Waals surface area contributed by atoms with E-state index in [-0.39, 0.29) is 5.69 Å². The molecule has 0 spiro atoms. The maximum Gasteiger partial charge on any atom is 0.416 e. The average Bonchev–Trinajstić information content (AvgIpc) is 2.79. The van der Waals surface area contributed by atoms with E-state index in [1.807, 2.05) is 31.2 Å². The molecule has 0 radical (unpaired) electrons. The Morgan fingerprint density at radius 3 is 2.46 bits per heavy atom. The van der Waals surface area contributed by atoms with Crippen LogP contribution in [0, 0.1) is 6.92 Å². The molecule has 10 heteroatoms. The van der Waals surface area contributed by atoms with Crippen molar-refractivity contribution in [3.8, 4) is 5.75 Å². The molecule has 3 aromatic rings. The quantitative estimate of drug-likeness (QED) is 0.211. The number of hydrazone groups is 1. The third-order valence-electron chi connectivity index (χ3n) is 4.67. The summed E-state index contributed by atoms with van der Waals surface area (Å²) in [4.78, 5) is 23.9. The molecule has 3 aromatic carbocycles. The first-order chi connectivity index (χ1) is 16.6. The van der Waals surface area contributed by atoms with Crippen LogP contribution >= 0.6 is 15.9 Å². The van der Waals surface area contributed by atoms with Gasteiger partial charge in [0.2, 0.25) is 11.8 Å². The number of hydrogen-bond donors (Lipinski definition) is 2. The zero-order valence-electron chi connectivity index (χ0n) is 18.5. The van der Waals surface area contributed by atoms with Crippen LogP contribution in [0.25, 0.3) is 0 Å².